The molecule has 3 nitrogen and oxygen atoms in total. The molecule has 7 aromatic carbocycles. The van der Waals surface area contributed by atoms with E-state index in [1.807, 2.05) is 23.9 Å². The highest BCUT2D eigenvalue weighted by molar-refractivity contribution is 7.99. The Morgan fingerprint density at radius 3 is 2.13 bits per heavy atom. The van der Waals surface area contributed by atoms with Gasteiger partial charge in [0.15, 0.2) is 5.82 Å². The molecule has 0 radical (unpaired) electrons. The van der Waals surface area contributed by atoms with Crippen LogP contribution in [-0.2, 0) is 0 Å². The van der Waals surface area contributed by atoms with E-state index in [0.29, 0.717) is 0 Å². The second-order valence-electron chi connectivity index (χ2n) is 11.8. The highest BCUT2D eigenvalue weighted by atomic mass is 32.2. The molecular weight excluding hydrogens is 579 g/mol. The fraction of sp³-hybridized carbons (Fsp3) is 0. The highest BCUT2D eigenvalue weighted by Gasteiger charge is 2.34. The summed E-state index contributed by atoms with van der Waals surface area (Å²) in [4.78, 5) is 15.4. The van der Waals surface area contributed by atoms with Crippen LogP contribution in [0.2, 0.25) is 0 Å². The van der Waals surface area contributed by atoms with Crippen molar-refractivity contribution in [3.8, 4) is 44.9 Å². The summed E-state index contributed by atoms with van der Waals surface area (Å²) >= 11 is 1.86. The Bertz CT molecular complexity index is 2520. The van der Waals surface area contributed by atoms with Gasteiger partial charge >= 0.3 is 0 Å². The summed E-state index contributed by atoms with van der Waals surface area (Å²) in [6, 6.07) is 54.2. The van der Waals surface area contributed by atoms with Crippen molar-refractivity contribution in [3.05, 3.63) is 152 Å². The molecule has 46 heavy (non-hydrogen) atoms. The maximum absolute atomic E-state index is 5.24. The topological polar surface area (TPSA) is 29.0 Å². The molecule has 0 fully saturated rings. The van der Waals surface area contributed by atoms with Crippen molar-refractivity contribution in [2.24, 2.45) is 0 Å². The molecule has 0 spiro atoms. The van der Waals surface area contributed by atoms with Gasteiger partial charge in [-0.2, -0.15) is 0 Å². The van der Waals surface area contributed by atoms with Crippen LogP contribution in [0.3, 0.4) is 0 Å². The summed E-state index contributed by atoms with van der Waals surface area (Å²) in [5.41, 5.74) is 12.4. The van der Waals surface area contributed by atoms with E-state index in [-0.39, 0.29) is 0 Å². The zero-order valence-corrected chi connectivity index (χ0v) is 25.5. The van der Waals surface area contributed by atoms with Crippen LogP contribution in [0.15, 0.2) is 161 Å². The van der Waals surface area contributed by atoms with Crippen molar-refractivity contribution in [2.45, 2.75) is 9.79 Å². The van der Waals surface area contributed by atoms with Gasteiger partial charge < -0.3 is 4.90 Å². The SMILES string of the molecule is c1ccc(-c2nc(-c3ccc4c(c3)N3c5ccccc5Sc5cc6ccccc6c(c53)-c3ccccc3-4)nc3ccccc23)cc1. The molecule has 8 aromatic rings. The molecule has 0 unspecified atom stereocenters. The van der Waals surface area contributed by atoms with Gasteiger partial charge in [-0.15, -0.1) is 0 Å². The summed E-state index contributed by atoms with van der Waals surface area (Å²) in [5, 5.41) is 3.56. The van der Waals surface area contributed by atoms with E-state index in [4.69, 9.17) is 9.97 Å². The van der Waals surface area contributed by atoms with E-state index >= 15 is 0 Å². The minimum Gasteiger partial charge on any atom is -0.307 e. The maximum atomic E-state index is 5.24. The van der Waals surface area contributed by atoms with E-state index in [0.717, 1.165) is 39.2 Å². The molecule has 2 aliphatic rings. The van der Waals surface area contributed by atoms with Crippen molar-refractivity contribution >= 4 is 50.5 Å². The molecular formula is C42H25N3S. The Morgan fingerprint density at radius 2 is 1.22 bits per heavy atom. The van der Waals surface area contributed by atoms with Crippen molar-refractivity contribution < 1.29 is 0 Å². The Hall–Kier alpha value is -5.71. The molecule has 0 amide bonds. The van der Waals surface area contributed by atoms with Crippen LogP contribution in [0, 0.1) is 0 Å². The van der Waals surface area contributed by atoms with Crippen LogP contribution >= 0.6 is 11.8 Å². The van der Waals surface area contributed by atoms with Crippen LogP contribution in [0.25, 0.3) is 66.6 Å². The molecule has 3 heterocycles. The maximum Gasteiger partial charge on any atom is 0.160 e. The molecule has 4 heteroatoms. The minimum atomic E-state index is 0.719. The van der Waals surface area contributed by atoms with Crippen molar-refractivity contribution in [2.75, 3.05) is 4.90 Å². The number of benzene rings is 7. The first kappa shape index (κ1) is 25.6. The van der Waals surface area contributed by atoms with E-state index in [1.54, 1.807) is 0 Å². The molecule has 0 bridgehead atoms. The highest BCUT2D eigenvalue weighted by Crippen LogP contribution is 2.60. The molecule has 0 aliphatic carbocycles. The van der Waals surface area contributed by atoms with Gasteiger partial charge in [-0.1, -0.05) is 133 Å². The number of nitrogens with zero attached hydrogens (tertiary/aromatic N) is 3. The van der Waals surface area contributed by atoms with Crippen molar-refractivity contribution in [1.29, 1.82) is 0 Å². The van der Waals surface area contributed by atoms with Gasteiger partial charge in [-0.3, -0.25) is 0 Å². The number of fused-ring (bicyclic) bond motifs is 10. The van der Waals surface area contributed by atoms with Gasteiger partial charge in [-0.05, 0) is 52.2 Å². The van der Waals surface area contributed by atoms with Gasteiger partial charge in [0.1, 0.15) is 0 Å². The molecule has 0 N–H and O–H groups in total. The summed E-state index contributed by atoms with van der Waals surface area (Å²) in [6.07, 6.45) is 0. The fourth-order valence-electron chi connectivity index (χ4n) is 7.14. The van der Waals surface area contributed by atoms with E-state index in [2.05, 4.69) is 144 Å². The predicted octanol–water partition coefficient (Wildman–Crippen LogP) is 11.7. The van der Waals surface area contributed by atoms with Gasteiger partial charge in [0.05, 0.1) is 28.3 Å². The third-order valence-electron chi connectivity index (χ3n) is 9.17. The number of rotatable bonds is 2. The monoisotopic (exact) mass is 603 g/mol. The smallest absolute Gasteiger partial charge is 0.160 e. The number of hydrogen-bond acceptors (Lipinski definition) is 4. The van der Waals surface area contributed by atoms with Gasteiger partial charge in [-0.25, -0.2) is 9.97 Å². The fourth-order valence-corrected chi connectivity index (χ4v) is 8.27. The molecule has 214 valence electrons. The minimum absolute atomic E-state index is 0.719. The van der Waals surface area contributed by atoms with E-state index in [9.17, 15) is 0 Å². The van der Waals surface area contributed by atoms with Crippen LogP contribution in [0.4, 0.5) is 17.1 Å². The number of anilines is 3. The molecule has 0 atom stereocenters. The first-order valence-electron chi connectivity index (χ1n) is 15.5. The van der Waals surface area contributed by atoms with Gasteiger partial charge in [0.25, 0.3) is 0 Å². The molecule has 1 aromatic heterocycles. The largest absolute Gasteiger partial charge is 0.307 e. The second kappa shape index (κ2) is 9.90. The predicted molar refractivity (Wildman–Crippen MR) is 191 cm³/mol. The lowest BCUT2D eigenvalue weighted by molar-refractivity contribution is 1.18. The summed E-state index contributed by atoms with van der Waals surface area (Å²) < 4.78 is 0. The van der Waals surface area contributed by atoms with E-state index in [1.165, 1.54) is 54.2 Å². The van der Waals surface area contributed by atoms with Gasteiger partial charge in [0.2, 0.25) is 0 Å². The van der Waals surface area contributed by atoms with Crippen LogP contribution in [-0.4, -0.2) is 9.97 Å². The number of hydrogen-bond donors (Lipinski definition) is 0. The Morgan fingerprint density at radius 1 is 0.478 bits per heavy atom. The Balaban J connectivity index is 1.29. The average Bonchev–Trinajstić information content (AvgIpc) is 3.25. The summed E-state index contributed by atoms with van der Waals surface area (Å²) in [6.45, 7) is 0. The Kier molecular flexibility index (Phi) is 5.51. The van der Waals surface area contributed by atoms with Crippen LogP contribution in [0.5, 0.6) is 0 Å². The second-order valence-corrected chi connectivity index (χ2v) is 12.9. The zero-order chi connectivity index (χ0) is 30.2. The molecule has 10 rings (SSSR count). The average molecular weight is 604 g/mol. The van der Waals surface area contributed by atoms with E-state index < -0.39 is 0 Å². The third-order valence-corrected chi connectivity index (χ3v) is 10.3. The van der Waals surface area contributed by atoms with Gasteiger partial charge in [0, 0.05) is 37.4 Å². The summed E-state index contributed by atoms with van der Waals surface area (Å²) in [7, 11) is 0. The lowest BCUT2D eigenvalue weighted by Gasteiger charge is -2.35. The first-order chi connectivity index (χ1) is 22.8. The van der Waals surface area contributed by atoms with Crippen LogP contribution < -0.4 is 4.90 Å². The lowest BCUT2D eigenvalue weighted by Crippen LogP contribution is -2.16. The van der Waals surface area contributed by atoms with Crippen molar-refractivity contribution in [3.63, 3.8) is 0 Å². The molecule has 0 saturated carbocycles. The molecule has 0 saturated heterocycles. The molecule has 2 aliphatic heterocycles. The quantitative estimate of drug-likeness (QED) is 0.197. The first-order valence-corrected chi connectivity index (χ1v) is 16.3. The number of para-hydroxylation sites is 2. The normalized spacial score (nSPS) is 12.7. The third kappa shape index (κ3) is 3.74. The zero-order valence-electron chi connectivity index (χ0n) is 24.7. The standard InChI is InChI=1S/C42H25N3S/c1-2-12-26(13-3-1)40-33-18-8-9-19-34(33)43-42(44-40)28-22-23-31-30-16-6-7-17-32(30)39-29-15-5-4-14-27(29)25-38-41(39)45(36(31)24-28)35-20-10-11-21-37(35)46-38/h1-25H. The van der Waals surface area contributed by atoms with Crippen LogP contribution in [0.1, 0.15) is 0 Å². The van der Waals surface area contributed by atoms with Crippen molar-refractivity contribution in [1.82, 2.24) is 9.97 Å². The summed E-state index contributed by atoms with van der Waals surface area (Å²) in [5.74, 6) is 0.719. The lowest BCUT2D eigenvalue weighted by atomic mass is 9.91. The Labute approximate surface area is 270 Å². The number of aromatic nitrogens is 2.